The summed E-state index contributed by atoms with van der Waals surface area (Å²) in [5.74, 6) is 0.423. The summed E-state index contributed by atoms with van der Waals surface area (Å²) in [5.41, 5.74) is 1.09. The van der Waals surface area contributed by atoms with E-state index in [0.29, 0.717) is 29.6 Å². The van der Waals surface area contributed by atoms with E-state index < -0.39 is 17.5 Å². The topological polar surface area (TPSA) is 102 Å². The largest absolute Gasteiger partial charge is 0.485 e. The van der Waals surface area contributed by atoms with E-state index >= 15 is 0 Å². The summed E-state index contributed by atoms with van der Waals surface area (Å²) < 4.78 is 11.3. The summed E-state index contributed by atoms with van der Waals surface area (Å²) >= 11 is 0. The second kappa shape index (κ2) is 11.2. The number of hydrogen-bond donors (Lipinski definition) is 2. The quantitative estimate of drug-likeness (QED) is 0.591. The number of nitrogens with zero attached hydrogens (tertiary/aromatic N) is 2. The molecular weight excluding hydrogens is 420 g/mol. The maximum Gasteiger partial charge on any atom is 0.325 e. The van der Waals surface area contributed by atoms with Crippen LogP contribution >= 0.6 is 0 Å². The molecule has 0 atom stereocenters. The van der Waals surface area contributed by atoms with Crippen LogP contribution in [0.4, 0.5) is 0 Å². The number of hydrogen-bond acceptors (Lipinski definition) is 7. The van der Waals surface area contributed by atoms with Crippen LogP contribution in [0.3, 0.4) is 0 Å². The average Bonchev–Trinajstić information content (AvgIpc) is 2.77. The Morgan fingerprint density at radius 2 is 1.82 bits per heavy atom. The first kappa shape index (κ1) is 24.6. The van der Waals surface area contributed by atoms with Gasteiger partial charge in [0.15, 0.2) is 11.4 Å². The van der Waals surface area contributed by atoms with Gasteiger partial charge in [0.05, 0.1) is 5.69 Å². The summed E-state index contributed by atoms with van der Waals surface area (Å²) in [6.45, 7) is 9.15. The molecule has 8 nitrogen and oxygen atoms in total. The van der Waals surface area contributed by atoms with Crippen molar-refractivity contribution in [3.05, 3.63) is 53.1 Å². The van der Waals surface area contributed by atoms with E-state index in [1.165, 1.54) is 0 Å². The number of ether oxygens (including phenoxy) is 2. The van der Waals surface area contributed by atoms with Gasteiger partial charge in [-0.05, 0) is 65.1 Å². The molecule has 0 spiro atoms. The van der Waals surface area contributed by atoms with Crippen molar-refractivity contribution in [3.63, 3.8) is 0 Å². The highest BCUT2D eigenvalue weighted by Gasteiger charge is 2.24. The molecule has 0 saturated carbocycles. The predicted molar refractivity (Wildman–Crippen MR) is 125 cm³/mol. The molecule has 178 valence electrons. The third-order valence-corrected chi connectivity index (χ3v) is 5.27. The fraction of sp³-hybridized carbons (Fsp3) is 0.520. The van der Waals surface area contributed by atoms with Gasteiger partial charge in [-0.2, -0.15) is 0 Å². The van der Waals surface area contributed by atoms with Gasteiger partial charge in [-0.3, -0.25) is 9.59 Å². The molecule has 2 heterocycles. The van der Waals surface area contributed by atoms with Gasteiger partial charge in [-0.25, -0.2) is 9.97 Å². The molecule has 8 heteroatoms. The molecule has 0 aliphatic carbocycles. The van der Waals surface area contributed by atoms with E-state index in [1.807, 2.05) is 37.3 Å². The Morgan fingerprint density at radius 3 is 2.48 bits per heavy atom. The molecule has 1 aliphatic rings. The first-order chi connectivity index (χ1) is 15.7. The molecule has 0 radical (unpaired) electrons. The number of carbonyl (C=O) groups is 2. The zero-order valence-electron chi connectivity index (χ0n) is 19.9. The Labute approximate surface area is 195 Å². The predicted octanol–water partition coefficient (Wildman–Crippen LogP) is 2.98. The number of rotatable bonds is 8. The number of piperidine rings is 1. The standard InChI is InChI=1S/C25H34N4O4/c1-17-23(32-16-19-8-6-5-7-9-19)22(24(31)27-15-21(30)33-25(2,3)4)29-20(28-17)14-18-10-12-26-13-11-18/h5-9,18,26H,10-16H2,1-4H3,(H,27,31). The summed E-state index contributed by atoms with van der Waals surface area (Å²) in [7, 11) is 0. The lowest BCUT2D eigenvalue weighted by molar-refractivity contribution is -0.153. The van der Waals surface area contributed by atoms with Crippen LogP contribution in [0.1, 0.15) is 61.2 Å². The smallest absolute Gasteiger partial charge is 0.325 e. The number of nitrogens with one attached hydrogen (secondary N) is 2. The van der Waals surface area contributed by atoms with Crippen LogP contribution in [0.15, 0.2) is 30.3 Å². The maximum atomic E-state index is 13.0. The van der Waals surface area contributed by atoms with Crippen LogP contribution in [0.25, 0.3) is 0 Å². The monoisotopic (exact) mass is 454 g/mol. The summed E-state index contributed by atoms with van der Waals surface area (Å²) in [6, 6.07) is 9.69. The minimum atomic E-state index is -0.626. The molecule has 0 bridgehead atoms. The SMILES string of the molecule is Cc1nc(CC2CCNCC2)nc(C(=O)NCC(=O)OC(C)(C)C)c1OCc1ccccc1. The molecule has 2 aromatic rings. The fourth-order valence-electron chi connectivity index (χ4n) is 3.73. The van der Waals surface area contributed by atoms with E-state index in [-0.39, 0.29) is 18.8 Å². The lowest BCUT2D eigenvalue weighted by atomic mass is 9.94. The van der Waals surface area contributed by atoms with Crippen molar-refractivity contribution in [2.75, 3.05) is 19.6 Å². The molecule has 1 fully saturated rings. The van der Waals surface area contributed by atoms with Crippen molar-refractivity contribution in [3.8, 4) is 5.75 Å². The van der Waals surface area contributed by atoms with Gasteiger partial charge in [0.25, 0.3) is 5.91 Å². The van der Waals surface area contributed by atoms with Crippen LogP contribution in [0.2, 0.25) is 0 Å². The van der Waals surface area contributed by atoms with E-state index in [4.69, 9.17) is 9.47 Å². The Balaban J connectivity index is 1.79. The minimum absolute atomic E-state index is 0.144. The number of aromatic nitrogens is 2. The number of aryl methyl sites for hydroxylation is 1. The highest BCUT2D eigenvalue weighted by molar-refractivity contribution is 5.96. The molecule has 1 aromatic carbocycles. The lowest BCUT2D eigenvalue weighted by Crippen LogP contribution is -2.35. The lowest BCUT2D eigenvalue weighted by Gasteiger charge is -2.22. The highest BCUT2D eigenvalue weighted by atomic mass is 16.6. The van der Waals surface area contributed by atoms with Crippen molar-refractivity contribution < 1.29 is 19.1 Å². The number of esters is 1. The van der Waals surface area contributed by atoms with Gasteiger partial charge in [-0.15, -0.1) is 0 Å². The second-order valence-corrected chi connectivity index (χ2v) is 9.34. The Hall–Kier alpha value is -3.00. The maximum absolute atomic E-state index is 13.0. The molecule has 1 aliphatic heterocycles. The Bertz CT molecular complexity index is 951. The van der Waals surface area contributed by atoms with E-state index in [0.717, 1.165) is 31.5 Å². The third-order valence-electron chi connectivity index (χ3n) is 5.27. The van der Waals surface area contributed by atoms with Gasteiger partial charge in [0, 0.05) is 6.42 Å². The number of carbonyl (C=O) groups excluding carboxylic acids is 2. The van der Waals surface area contributed by atoms with Crippen molar-refractivity contribution in [2.24, 2.45) is 5.92 Å². The first-order valence-corrected chi connectivity index (χ1v) is 11.5. The summed E-state index contributed by atoms with van der Waals surface area (Å²) in [4.78, 5) is 34.3. The highest BCUT2D eigenvalue weighted by Crippen LogP contribution is 2.24. The van der Waals surface area contributed by atoms with E-state index in [9.17, 15) is 9.59 Å². The van der Waals surface area contributed by atoms with Gasteiger partial charge >= 0.3 is 5.97 Å². The van der Waals surface area contributed by atoms with Crippen molar-refractivity contribution in [1.82, 2.24) is 20.6 Å². The minimum Gasteiger partial charge on any atom is -0.485 e. The van der Waals surface area contributed by atoms with Crippen molar-refractivity contribution in [2.45, 2.75) is 59.2 Å². The summed E-state index contributed by atoms with van der Waals surface area (Å²) in [6.07, 6.45) is 2.80. The second-order valence-electron chi connectivity index (χ2n) is 9.34. The fourth-order valence-corrected chi connectivity index (χ4v) is 3.73. The Morgan fingerprint density at radius 1 is 1.12 bits per heavy atom. The molecular formula is C25H34N4O4. The molecule has 0 unspecified atom stereocenters. The van der Waals surface area contributed by atoms with Crippen LogP contribution < -0.4 is 15.4 Å². The average molecular weight is 455 g/mol. The van der Waals surface area contributed by atoms with Gasteiger partial charge < -0.3 is 20.1 Å². The van der Waals surface area contributed by atoms with Crippen LogP contribution in [0, 0.1) is 12.8 Å². The molecule has 1 aromatic heterocycles. The normalized spacial score (nSPS) is 14.5. The first-order valence-electron chi connectivity index (χ1n) is 11.5. The molecule has 33 heavy (non-hydrogen) atoms. The zero-order valence-corrected chi connectivity index (χ0v) is 19.9. The van der Waals surface area contributed by atoms with Gasteiger partial charge in [-0.1, -0.05) is 30.3 Å². The number of benzene rings is 1. The Kier molecular flexibility index (Phi) is 8.38. The molecule has 1 saturated heterocycles. The zero-order chi connectivity index (χ0) is 23.8. The third kappa shape index (κ3) is 7.82. The van der Waals surface area contributed by atoms with Gasteiger partial charge in [0.2, 0.25) is 0 Å². The molecule has 3 rings (SSSR count). The number of amides is 1. The summed E-state index contributed by atoms with van der Waals surface area (Å²) in [5, 5.41) is 5.98. The van der Waals surface area contributed by atoms with Gasteiger partial charge in [0.1, 0.15) is 24.6 Å². The molecule has 1 amide bonds. The molecule has 2 N–H and O–H groups in total. The van der Waals surface area contributed by atoms with Crippen LogP contribution in [-0.4, -0.2) is 47.1 Å². The van der Waals surface area contributed by atoms with Crippen molar-refractivity contribution in [1.29, 1.82) is 0 Å². The van der Waals surface area contributed by atoms with Crippen molar-refractivity contribution >= 4 is 11.9 Å². The van der Waals surface area contributed by atoms with Crippen LogP contribution in [-0.2, 0) is 22.6 Å². The van der Waals surface area contributed by atoms with E-state index in [1.54, 1.807) is 20.8 Å². The van der Waals surface area contributed by atoms with E-state index in [2.05, 4.69) is 20.6 Å². The van der Waals surface area contributed by atoms with Crippen LogP contribution in [0.5, 0.6) is 5.75 Å².